The fraction of sp³-hybridized carbons (Fsp3) is 1.00. The van der Waals surface area contributed by atoms with Crippen LogP contribution in [0.4, 0.5) is 0 Å². The third-order valence-electron chi connectivity index (χ3n) is 6.06. The lowest BCUT2D eigenvalue weighted by atomic mass is 9.59. The summed E-state index contributed by atoms with van der Waals surface area (Å²) in [7, 11) is 0. The van der Waals surface area contributed by atoms with Crippen molar-refractivity contribution >= 4 is 18.2 Å². The van der Waals surface area contributed by atoms with E-state index in [0.717, 1.165) is 30.6 Å². The standard InChI is InChI=1S/C19H35O8PS/c1-16(2)23-11-18(12-24-16)7-5-8-19(13-25-17(3,4)27-15(18)19)14-26-28(21,22)29-10-6-9-20/h15,20H,5-14H2,1-4H3,(H,21,22). The monoisotopic (exact) mass is 454 g/mol. The number of ether oxygens (including phenoxy) is 4. The van der Waals surface area contributed by atoms with Crippen molar-refractivity contribution in [2.24, 2.45) is 10.8 Å². The van der Waals surface area contributed by atoms with Crippen molar-refractivity contribution in [3.05, 3.63) is 0 Å². The minimum absolute atomic E-state index is 0.0192. The molecule has 1 aliphatic carbocycles. The molecule has 10 heteroatoms. The van der Waals surface area contributed by atoms with Gasteiger partial charge in [-0.3, -0.25) is 0 Å². The van der Waals surface area contributed by atoms with Gasteiger partial charge in [-0.1, -0.05) is 6.42 Å². The van der Waals surface area contributed by atoms with Crippen molar-refractivity contribution in [2.45, 2.75) is 71.1 Å². The van der Waals surface area contributed by atoms with Crippen molar-refractivity contribution < 1.29 is 38.0 Å². The van der Waals surface area contributed by atoms with Crippen LogP contribution in [0.5, 0.6) is 0 Å². The van der Waals surface area contributed by atoms with Gasteiger partial charge in [0.2, 0.25) is 0 Å². The Bertz CT molecular complexity index is 617. The molecule has 170 valence electrons. The van der Waals surface area contributed by atoms with E-state index in [1.807, 2.05) is 27.7 Å². The highest BCUT2D eigenvalue weighted by atomic mass is 32.7. The molecule has 3 atom stereocenters. The molecule has 3 aliphatic rings. The van der Waals surface area contributed by atoms with E-state index in [2.05, 4.69) is 0 Å². The fourth-order valence-electron chi connectivity index (χ4n) is 4.43. The van der Waals surface area contributed by atoms with E-state index < -0.39 is 23.8 Å². The molecule has 0 bridgehead atoms. The average Bonchev–Trinajstić information content (AvgIpc) is 2.64. The van der Waals surface area contributed by atoms with Crippen molar-refractivity contribution in [3.8, 4) is 0 Å². The molecule has 1 saturated carbocycles. The molecule has 0 amide bonds. The molecule has 0 aromatic heterocycles. The maximum atomic E-state index is 12.5. The molecule has 0 aromatic rings. The first-order valence-corrected chi connectivity index (χ1v) is 13.4. The van der Waals surface area contributed by atoms with E-state index in [1.54, 1.807) is 0 Å². The van der Waals surface area contributed by atoms with Gasteiger partial charge >= 0.3 is 6.80 Å². The summed E-state index contributed by atoms with van der Waals surface area (Å²) in [5, 5.41) is 8.89. The number of aliphatic hydroxyl groups is 1. The van der Waals surface area contributed by atoms with E-state index >= 15 is 0 Å². The summed E-state index contributed by atoms with van der Waals surface area (Å²) in [6.07, 6.45) is 2.76. The topological polar surface area (TPSA) is 104 Å². The highest BCUT2D eigenvalue weighted by Gasteiger charge is 2.61. The summed E-state index contributed by atoms with van der Waals surface area (Å²) >= 11 is 0.852. The summed E-state index contributed by atoms with van der Waals surface area (Å²) in [5.74, 6) is -1.03. The largest absolute Gasteiger partial charge is 0.396 e. The number of aliphatic hydroxyl groups excluding tert-OH is 1. The van der Waals surface area contributed by atoms with Gasteiger partial charge in [-0.2, -0.15) is 0 Å². The predicted molar refractivity (Wildman–Crippen MR) is 110 cm³/mol. The molecule has 2 saturated heterocycles. The zero-order valence-electron chi connectivity index (χ0n) is 17.8. The normalized spacial score (nSPS) is 35.0. The summed E-state index contributed by atoms with van der Waals surface area (Å²) < 4.78 is 42.5. The maximum absolute atomic E-state index is 12.5. The zero-order chi connectivity index (χ0) is 21.4. The van der Waals surface area contributed by atoms with Crippen LogP contribution in [-0.4, -0.2) is 66.5 Å². The van der Waals surface area contributed by atoms with Gasteiger partial charge in [0.1, 0.15) is 0 Å². The van der Waals surface area contributed by atoms with Crippen molar-refractivity contribution in [1.82, 2.24) is 0 Å². The molecular weight excluding hydrogens is 419 g/mol. The van der Waals surface area contributed by atoms with Crippen LogP contribution in [0, 0.1) is 10.8 Å². The molecule has 3 unspecified atom stereocenters. The van der Waals surface area contributed by atoms with Gasteiger partial charge < -0.3 is 33.5 Å². The van der Waals surface area contributed by atoms with Gasteiger partial charge in [0.25, 0.3) is 0 Å². The zero-order valence-corrected chi connectivity index (χ0v) is 19.6. The van der Waals surface area contributed by atoms with Crippen LogP contribution in [0.25, 0.3) is 0 Å². The maximum Gasteiger partial charge on any atom is 0.386 e. The number of fused-ring (bicyclic) bond motifs is 2. The van der Waals surface area contributed by atoms with Crippen molar-refractivity contribution in [2.75, 3.05) is 38.8 Å². The number of hydrogen-bond donors (Lipinski definition) is 2. The Kier molecular flexibility index (Phi) is 7.17. The van der Waals surface area contributed by atoms with Gasteiger partial charge in [-0.05, 0) is 58.3 Å². The SMILES string of the molecule is CC1(C)OCC2(CCCC3(COP(=O)(O)SCCCO)COC(C)(C)OC23)CO1. The minimum atomic E-state index is -3.83. The molecule has 29 heavy (non-hydrogen) atoms. The Hall–Kier alpha value is 0.300. The average molecular weight is 455 g/mol. The lowest BCUT2D eigenvalue weighted by molar-refractivity contribution is -0.385. The Balaban J connectivity index is 1.78. The molecule has 0 aromatic carbocycles. The van der Waals surface area contributed by atoms with E-state index in [4.69, 9.17) is 28.6 Å². The Morgan fingerprint density at radius 3 is 2.38 bits per heavy atom. The van der Waals surface area contributed by atoms with Gasteiger partial charge in [0, 0.05) is 23.2 Å². The Morgan fingerprint density at radius 1 is 1.07 bits per heavy atom. The molecule has 1 spiro atoms. The molecule has 2 N–H and O–H groups in total. The third kappa shape index (κ3) is 5.57. The smallest absolute Gasteiger partial charge is 0.386 e. The van der Waals surface area contributed by atoms with Crippen LogP contribution >= 0.6 is 18.2 Å². The molecule has 2 heterocycles. The summed E-state index contributed by atoms with van der Waals surface area (Å²) in [4.78, 5) is 10.2. The predicted octanol–water partition coefficient (Wildman–Crippen LogP) is 3.31. The number of hydrogen-bond acceptors (Lipinski definition) is 8. The highest BCUT2D eigenvalue weighted by molar-refractivity contribution is 8.54. The number of rotatable bonds is 7. The lowest BCUT2D eigenvalue weighted by Crippen LogP contribution is -2.67. The van der Waals surface area contributed by atoms with Crippen LogP contribution < -0.4 is 0 Å². The molecular formula is C19H35O8PS. The molecule has 3 fully saturated rings. The first-order chi connectivity index (χ1) is 13.4. The van der Waals surface area contributed by atoms with Crippen LogP contribution in [-0.2, 0) is 28.0 Å². The van der Waals surface area contributed by atoms with Crippen molar-refractivity contribution in [3.63, 3.8) is 0 Å². The van der Waals surface area contributed by atoms with E-state index in [-0.39, 0.29) is 24.7 Å². The quantitative estimate of drug-likeness (QED) is 0.443. The second-order valence-corrected chi connectivity index (χ2v) is 13.4. The second-order valence-electron chi connectivity index (χ2n) is 9.39. The van der Waals surface area contributed by atoms with Gasteiger partial charge in [-0.25, -0.2) is 4.57 Å². The third-order valence-corrected chi connectivity index (χ3v) is 9.15. The molecule has 3 rings (SSSR count). The molecule has 8 nitrogen and oxygen atoms in total. The van der Waals surface area contributed by atoms with Crippen LogP contribution in [0.3, 0.4) is 0 Å². The summed E-state index contributed by atoms with van der Waals surface area (Å²) in [6.45, 7) is 5.19. The summed E-state index contributed by atoms with van der Waals surface area (Å²) in [6, 6.07) is 0. The first kappa shape index (κ1) is 24.0. The fourth-order valence-corrected chi connectivity index (χ4v) is 6.88. The molecule has 2 aliphatic heterocycles. The van der Waals surface area contributed by atoms with Gasteiger partial charge in [0.15, 0.2) is 11.6 Å². The highest BCUT2D eigenvalue weighted by Crippen LogP contribution is 2.60. The van der Waals surface area contributed by atoms with Crippen LogP contribution in [0.2, 0.25) is 0 Å². The van der Waals surface area contributed by atoms with E-state index in [0.29, 0.717) is 32.0 Å². The van der Waals surface area contributed by atoms with Gasteiger partial charge in [-0.15, -0.1) is 0 Å². The first-order valence-electron chi connectivity index (χ1n) is 10.3. The van der Waals surface area contributed by atoms with Gasteiger partial charge in [0.05, 0.1) is 32.5 Å². The van der Waals surface area contributed by atoms with E-state index in [1.165, 1.54) is 0 Å². The molecule has 0 radical (unpaired) electrons. The minimum Gasteiger partial charge on any atom is -0.396 e. The second kappa shape index (κ2) is 8.68. The van der Waals surface area contributed by atoms with Crippen LogP contribution in [0.1, 0.15) is 53.4 Å². The van der Waals surface area contributed by atoms with Crippen LogP contribution in [0.15, 0.2) is 0 Å². The van der Waals surface area contributed by atoms with Crippen molar-refractivity contribution in [1.29, 1.82) is 0 Å². The Labute approximate surface area is 177 Å². The Morgan fingerprint density at radius 2 is 1.72 bits per heavy atom. The lowest BCUT2D eigenvalue weighted by Gasteiger charge is -2.60. The van der Waals surface area contributed by atoms with E-state index in [9.17, 15) is 9.46 Å². The summed E-state index contributed by atoms with van der Waals surface area (Å²) in [5.41, 5.74) is -0.889.